The van der Waals surface area contributed by atoms with Crippen LogP contribution in [0.1, 0.15) is 317 Å². The molecule has 0 N–H and O–H groups in total. The van der Waals surface area contributed by atoms with Crippen molar-refractivity contribution in [3.63, 3.8) is 0 Å². The third-order valence-electron chi connectivity index (χ3n) is 12.8. The van der Waals surface area contributed by atoms with Crippen molar-refractivity contribution < 1.29 is 28.6 Å². The number of esters is 3. The van der Waals surface area contributed by atoms with Crippen LogP contribution in [0.5, 0.6) is 0 Å². The van der Waals surface area contributed by atoms with Gasteiger partial charge in [0.15, 0.2) is 6.10 Å². The van der Waals surface area contributed by atoms with E-state index in [1.807, 2.05) is 0 Å². The molecule has 1 atom stereocenters. The molecular formula is C56H108O6. The quantitative estimate of drug-likeness (QED) is 0.0344. The second kappa shape index (κ2) is 50.4. The van der Waals surface area contributed by atoms with Gasteiger partial charge in [-0.05, 0) is 25.2 Å². The highest BCUT2D eigenvalue weighted by Gasteiger charge is 2.19. The van der Waals surface area contributed by atoms with Gasteiger partial charge in [-0.25, -0.2) is 0 Å². The lowest BCUT2D eigenvalue weighted by Gasteiger charge is -2.18. The van der Waals surface area contributed by atoms with Crippen LogP contribution in [-0.4, -0.2) is 37.2 Å². The molecule has 6 heteroatoms. The minimum absolute atomic E-state index is 0.0627. The molecule has 0 rings (SSSR count). The van der Waals surface area contributed by atoms with Gasteiger partial charge in [0.1, 0.15) is 13.2 Å². The van der Waals surface area contributed by atoms with Gasteiger partial charge in [0.25, 0.3) is 0 Å². The summed E-state index contributed by atoms with van der Waals surface area (Å²) in [6.45, 7) is 9.02. The SMILES string of the molecule is CCCCCCCCCCCCCCCCCCCCCC(=O)O[C@H](COC(=O)CCCCCCCCC)COC(=O)CCCCCCCCCCCCCCCCCC(C)C. The van der Waals surface area contributed by atoms with Crippen molar-refractivity contribution in [1.82, 2.24) is 0 Å². The second-order valence-electron chi connectivity index (χ2n) is 19.7. The van der Waals surface area contributed by atoms with E-state index < -0.39 is 6.10 Å². The molecule has 368 valence electrons. The summed E-state index contributed by atoms with van der Waals surface area (Å²) >= 11 is 0. The molecule has 0 radical (unpaired) electrons. The topological polar surface area (TPSA) is 78.9 Å². The zero-order valence-corrected chi connectivity index (χ0v) is 42.3. The summed E-state index contributed by atoms with van der Waals surface area (Å²) in [5.41, 5.74) is 0. The maximum absolute atomic E-state index is 12.8. The Labute approximate surface area is 387 Å². The van der Waals surface area contributed by atoms with Crippen molar-refractivity contribution in [3.05, 3.63) is 0 Å². The number of carbonyl (C=O) groups excluding carboxylic acids is 3. The molecule has 0 unspecified atom stereocenters. The number of hydrogen-bond donors (Lipinski definition) is 0. The average molecular weight is 877 g/mol. The van der Waals surface area contributed by atoms with Gasteiger partial charge in [-0.15, -0.1) is 0 Å². The number of rotatable bonds is 51. The summed E-state index contributed by atoms with van der Waals surface area (Å²) < 4.78 is 16.8. The maximum Gasteiger partial charge on any atom is 0.306 e. The first-order chi connectivity index (χ1) is 30.4. The molecule has 0 amide bonds. The maximum atomic E-state index is 12.8. The largest absolute Gasteiger partial charge is 0.462 e. The normalized spacial score (nSPS) is 12.0. The van der Waals surface area contributed by atoms with Crippen LogP contribution >= 0.6 is 0 Å². The van der Waals surface area contributed by atoms with Crippen molar-refractivity contribution in [2.75, 3.05) is 13.2 Å². The fourth-order valence-corrected chi connectivity index (χ4v) is 8.57. The monoisotopic (exact) mass is 877 g/mol. The second-order valence-corrected chi connectivity index (χ2v) is 19.7. The van der Waals surface area contributed by atoms with Crippen LogP contribution < -0.4 is 0 Å². The third-order valence-corrected chi connectivity index (χ3v) is 12.8. The smallest absolute Gasteiger partial charge is 0.306 e. The Hall–Kier alpha value is -1.59. The van der Waals surface area contributed by atoms with Gasteiger partial charge in [0.05, 0.1) is 0 Å². The standard InChI is InChI=1S/C56H108O6/c1-5-7-9-11-13-14-15-16-17-18-19-20-23-27-30-33-37-41-45-49-56(59)62-53(50-60-54(57)47-43-39-34-12-10-8-6-2)51-61-55(58)48-44-40-36-32-29-26-24-21-22-25-28-31-35-38-42-46-52(3)4/h52-53H,5-51H2,1-4H3/t53-/m1/s1. The molecule has 0 aliphatic heterocycles. The van der Waals surface area contributed by atoms with Gasteiger partial charge in [-0.3, -0.25) is 14.4 Å². The summed E-state index contributed by atoms with van der Waals surface area (Å²) in [5.74, 6) is 0.00287. The fraction of sp³-hybridized carbons (Fsp3) is 0.946. The van der Waals surface area contributed by atoms with Crippen molar-refractivity contribution in [2.24, 2.45) is 5.92 Å². The lowest BCUT2D eigenvalue weighted by atomic mass is 10.0. The molecule has 0 fully saturated rings. The Bertz CT molecular complexity index is 933. The van der Waals surface area contributed by atoms with E-state index in [1.54, 1.807) is 0 Å². The molecule has 62 heavy (non-hydrogen) atoms. The molecule has 0 heterocycles. The summed E-state index contributed by atoms with van der Waals surface area (Å²) in [7, 11) is 0. The number of ether oxygens (including phenoxy) is 3. The molecule has 0 aromatic heterocycles. The van der Waals surface area contributed by atoms with Gasteiger partial charge in [0.2, 0.25) is 0 Å². The van der Waals surface area contributed by atoms with E-state index >= 15 is 0 Å². The highest BCUT2D eigenvalue weighted by Crippen LogP contribution is 2.18. The van der Waals surface area contributed by atoms with Crippen LogP contribution in [0, 0.1) is 5.92 Å². The van der Waals surface area contributed by atoms with Crippen LogP contribution in [0.3, 0.4) is 0 Å². The first-order valence-corrected chi connectivity index (χ1v) is 27.9. The van der Waals surface area contributed by atoms with Crippen LogP contribution in [0.2, 0.25) is 0 Å². The zero-order chi connectivity index (χ0) is 45.2. The van der Waals surface area contributed by atoms with Crippen molar-refractivity contribution in [2.45, 2.75) is 323 Å². The number of unbranched alkanes of at least 4 members (excludes halogenated alkanes) is 38. The van der Waals surface area contributed by atoms with Crippen molar-refractivity contribution >= 4 is 17.9 Å². The molecule has 0 aliphatic rings. The number of carbonyl (C=O) groups is 3. The summed E-state index contributed by atoms with van der Waals surface area (Å²) in [5, 5.41) is 0. The molecular weight excluding hydrogens is 769 g/mol. The summed E-state index contributed by atoms with van der Waals surface area (Å²) in [4.78, 5) is 37.9. The van der Waals surface area contributed by atoms with E-state index in [1.165, 1.54) is 212 Å². The summed E-state index contributed by atoms with van der Waals surface area (Å²) in [6, 6.07) is 0. The van der Waals surface area contributed by atoms with E-state index in [-0.39, 0.29) is 31.1 Å². The Morgan fingerprint density at radius 2 is 0.532 bits per heavy atom. The predicted octanol–water partition coefficient (Wildman–Crippen LogP) is 18.2. The van der Waals surface area contributed by atoms with Crippen LogP contribution in [0.4, 0.5) is 0 Å². The van der Waals surface area contributed by atoms with E-state index in [0.29, 0.717) is 19.3 Å². The highest BCUT2D eigenvalue weighted by molar-refractivity contribution is 5.71. The fourth-order valence-electron chi connectivity index (χ4n) is 8.57. The predicted molar refractivity (Wildman–Crippen MR) is 266 cm³/mol. The van der Waals surface area contributed by atoms with Crippen molar-refractivity contribution in [1.29, 1.82) is 0 Å². The first kappa shape index (κ1) is 60.4. The van der Waals surface area contributed by atoms with Gasteiger partial charge in [0, 0.05) is 19.3 Å². The van der Waals surface area contributed by atoms with E-state index in [0.717, 1.165) is 63.7 Å². The van der Waals surface area contributed by atoms with Crippen LogP contribution in [0.25, 0.3) is 0 Å². The Morgan fingerprint density at radius 1 is 0.306 bits per heavy atom. The average Bonchev–Trinajstić information content (AvgIpc) is 3.26. The molecule has 0 aromatic rings. The Kier molecular flexibility index (Phi) is 49.1. The van der Waals surface area contributed by atoms with Crippen LogP contribution in [0.15, 0.2) is 0 Å². The molecule has 0 spiro atoms. The van der Waals surface area contributed by atoms with Crippen LogP contribution in [-0.2, 0) is 28.6 Å². The molecule has 0 aromatic carbocycles. The molecule has 0 saturated heterocycles. The van der Waals surface area contributed by atoms with Gasteiger partial charge in [-0.2, -0.15) is 0 Å². The van der Waals surface area contributed by atoms with Crippen molar-refractivity contribution in [3.8, 4) is 0 Å². The van der Waals surface area contributed by atoms with E-state index in [9.17, 15) is 14.4 Å². The Balaban J connectivity index is 4.15. The lowest BCUT2D eigenvalue weighted by molar-refractivity contribution is -0.167. The third kappa shape index (κ3) is 49.4. The minimum atomic E-state index is -0.760. The summed E-state index contributed by atoms with van der Waals surface area (Å²) in [6.07, 6.45) is 54.0. The Morgan fingerprint density at radius 3 is 0.790 bits per heavy atom. The van der Waals surface area contributed by atoms with E-state index in [4.69, 9.17) is 14.2 Å². The van der Waals surface area contributed by atoms with E-state index in [2.05, 4.69) is 27.7 Å². The van der Waals surface area contributed by atoms with Gasteiger partial charge < -0.3 is 14.2 Å². The lowest BCUT2D eigenvalue weighted by Crippen LogP contribution is -2.30. The minimum Gasteiger partial charge on any atom is -0.462 e. The molecule has 0 bridgehead atoms. The zero-order valence-electron chi connectivity index (χ0n) is 42.3. The number of hydrogen-bond acceptors (Lipinski definition) is 6. The first-order valence-electron chi connectivity index (χ1n) is 27.9. The molecule has 0 aliphatic carbocycles. The molecule has 0 saturated carbocycles. The highest BCUT2D eigenvalue weighted by atomic mass is 16.6. The molecule has 6 nitrogen and oxygen atoms in total. The van der Waals surface area contributed by atoms with Gasteiger partial charge in [-0.1, -0.05) is 278 Å². The van der Waals surface area contributed by atoms with Gasteiger partial charge >= 0.3 is 17.9 Å².